The van der Waals surface area contributed by atoms with Crippen molar-refractivity contribution >= 4 is 15.9 Å². The summed E-state index contributed by atoms with van der Waals surface area (Å²) >= 11 is 3.52. The Kier molecular flexibility index (Phi) is 3.52. The van der Waals surface area contributed by atoms with Crippen LogP contribution in [-0.2, 0) is 6.54 Å². The van der Waals surface area contributed by atoms with E-state index in [1.54, 1.807) is 0 Å². The molecule has 110 valence electrons. The molecular formula is C15H17BrN4O. The van der Waals surface area contributed by atoms with Gasteiger partial charge in [0, 0.05) is 17.6 Å². The first-order valence-corrected chi connectivity index (χ1v) is 8.09. The number of halogens is 1. The molecule has 2 fully saturated rings. The first-order valence-electron chi connectivity index (χ1n) is 7.30. The lowest BCUT2D eigenvalue weighted by atomic mass is 10.0. The van der Waals surface area contributed by atoms with Crippen LogP contribution < -0.4 is 5.32 Å². The quantitative estimate of drug-likeness (QED) is 0.920. The number of fused-ring (bicyclic) bond motifs is 1. The van der Waals surface area contributed by atoms with Crippen molar-refractivity contribution in [1.29, 1.82) is 0 Å². The van der Waals surface area contributed by atoms with Crippen LogP contribution in [0.1, 0.15) is 5.89 Å². The maximum absolute atomic E-state index is 5.83. The topological polar surface area (TPSA) is 54.2 Å². The van der Waals surface area contributed by atoms with E-state index in [0.29, 0.717) is 11.8 Å². The van der Waals surface area contributed by atoms with Gasteiger partial charge < -0.3 is 9.73 Å². The summed E-state index contributed by atoms with van der Waals surface area (Å²) in [5.74, 6) is 2.86. The Hall–Kier alpha value is -1.24. The molecule has 0 aliphatic carbocycles. The molecule has 4 rings (SSSR count). The molecule has 0 saturated carbocycles. The average molecular weight is 349 g/mol. The summed E-state index contributed by atoms with van der Waals surface area (Å²) in [6.07, 6.45) is 0. The van der Waals surface area contributed by atoms with E-state index in [-0.39, 0.29) is 0 Å². The predicted octanol–water partition coefficient (Wildman–Crippen LogP) is 2.15. The number of nitrogens with one attached hydrogen (secondary N) is 1. The first kappa shape index (κ1) is 13.4. The van der Waals surface area contributed by atoms with Gasteiger partial charge in [-0.25, -0.2) is 0 Å². The van der Waals surface area contributed by atoms with Crippen molar-refractivity contribution < 1.29 is 4.42 Å². The smallest absolute Gasteiger partial charge is 0.248 e. The zero-order valence-corrected chi connectivity index (χ0v) is 13.2. The van der Waals surface area contributed by atoms with E-state index < -0.39 is 0 Å². The zero-order valence-electron chi connectivity index (χ0n) is 11.6. The third kappa shape index (κ3) is 2.63. The molecule has 1 N–H and O–H groups in total. The van der Waals surface area contributed by atoms with Crippen LogP contribution in [0.4, 0.5) is 0 Å². The standard InChI is InChI=1S/C15H17BrN4O/c16-13-4-2-1-3-12(13)15-19-18-14(21-15)9-20-7-10-5-17-6-11(10)8-20/h1-4,10-11,17H,5-9H2. The second-order valence-electron chi connectivity index (χ2n) is 5.85. The van der Waals surface area contributed by atoms with Gasteiger partial charge in [-0.3, -0.25) is 4.90 Å². The van der Waals surface area contributed by atoms with Crippen LogP contribution in [0.2, 0.25) is 0 Å². The first-order chi connectivity index (χ1) is 10.3. The molecule has 0 bridgehead atoms. The maximum atomic E-state index is 5.83. The highest BCUT2D eigenvalue weighted by molar-refractivity contribution is 9.10. The van der Waals surface area contributed by atoms with Crippen molar-refractivity contribution in [2.24, 2.45) is 11.8 Å². The predicted molar refractivity (Wildman–Crippen MR) is 82.6 cm³/mol. The molecule has 0 radical (unpaired) electrons. The Bertz CT molecular complexity index is 632. The van der Waals surface area contributed by atoms with Gasteiger partial charge >= 0.3 is 0 Å². The summed E-state index contributed by atoms with van der Waals surface area (Å²) in [6.45, 7) is 5.31. The molecule has 21 heavy (non-hydrogen) atoms. The van der Waals surface area contributed by atoms with Crippen molar-refractivity contribution in [2.45, 2.75) is 6.54 Å². The van der Waals surface area contributed by atoms with Gasteiger partial charge in [0.15, 0.2) is 0 Å². The Morgan fingerprint density at radius 1 is 1.19 bits per heavy atom. The van der Waals surface area contributed by atoms with Gasteiger partial charge in [-0.2, -0.15) is 0 Å². The van der Waals surface area contributed by atoms with E-state index in [1.807, 2.05) is 24.3 Å². The normalized spacial score (nSPS) is 25.4. The van der Waals surface area contributed by atoms with Gasteiger partial charge in [-0.15, -0.1) is 10.2 Å². The molecule has 2 aliphatic heterocycles. The summed E-state index contributed by atoms with van der Waals surface area (Å²) in [5.41, 5.74) is 0.943. The summed E-state index contributed by atoms with van der Waals surface area (Å²) < 4.78 is 6.80. The van der Waals surface area contributed by atoms with Gasteiger partial charge in [-0.05, 0) is 53.0 Å². The fourth-order valence-electron chi connectivity index (χ4n) is 3.33. The summed E-state index contributed by atoms with van der Waals surface area (Å²) in [4.78, 5) is 2.42. The number of aromatic nitrogens is 2. The second kappa shape index (κ2) is 5.51. The zero-order chi connectivity index (χ0) is 14.2. The minimum Gasteiger partial charge on any atom is -0.419 e. The van der Waals surface area contributed by atoms with Crippen LogP contribution in [0.5, 0.6) is 0 Å². The summed E-state index contributed by atoms with van der Waals surface area (Å²) in [5, 5.41) is 11.8. The van der Waals surface area contributed by atoms with Gasteiger partial charge in [0.2, 0.25) is 11.8 Å². The highest BCUT2D eigenvalue weighted by Crippen LogP contribution is 2.29. The lowest BCUT2D eigenvalue weighted by molar-refractivity contribution is 0.273. The minimum absolute atomic E-state index is 0.582. The van der Waals surface area contributed by atoms with Crippen molar-refractivity contribution in [3.63, 3.8) is 0 Å². The van der Waals surface area contributed by atoms with Gasteiger partial charge in [0.05, 0.1) is 12.1 Å². The molecule has 0 amide bonds. The van der Waals surface area contributed by atoms with Crippen LogP contribution >= 0.6 is 15.9 Å². The largest absolute Gasteiger partial charge is 0.419 e. The molecule has 1 aromatic heterocycles. The molecule has 2 aliphatic rings. The monoisotopic (exact) mass is 348 g/mol. The second-order valence-corrected chi connectivity index (χ2v) is 6.71. The fourth-order valence-corrected chi connectivity index (χ4v) is 3.79. The Morgan fingerprint density at radius 3 is 2.71 bits per heavy atom. The summed E-state index contributed by atoms with van der Waals surface area (Å²) in [7, 11) is 0. The van der Waals surface area contributed by atoms with Crippen LogP contribution in [0, 0.1) is 11.8 Å². The van der Waals surface area contributed by atoms with Crippen molar-refractivity contribution in [3.05, 3.63) is 34.6 Å². The highest BCUT2D eigenvalue weighted by Gasteiger charge is 2.36. The number of likely N-dealkylation sites (tertiary alicyclic amines) is 1. The molecule has 2 saturated heterocycles. The SMILES string of the molecule is Brc1ccccc1-c1nnc(CN2CC3CNCC3C2)o1. The van der Waals surface area contributed by atoms with E-state index in [2.05, 4.69) is 36.3 Å². The van der Waals surface area contributed by atoms with Crippen LogP contribution in [0.25, 0.3) is 11.5 Å². The third-order valence-corrected chi connectivity index (χ3v) is 5.09. The molecule has 5 nitrogen and oxygen atoms in total. The molecule has 0 spiro atoms. The van der Waals surface area contributed by atoms with Crippen molar-refractivity contribution in [1.82, 2.24) is 20.4 Å². The lowest BCUT2D eigenvalue weighted by Gasteiger charge is -2.13. The number of hydrogen-bond donors (Lipinski definition) is 1. The molecular weight excluding hydrogens is 332 g/mol. The number of benzene rings is 1. The summed E-state index contributed by atoms with van der Waals surface area (Å²) in [6, 6.07) is 7.90. The van der Waals surface area contributed by atoms with Gasteiger partial charge in [0.25, 0.3) is 0 Å². The Labute approximate surface area is 131 Å². The molecule has 2 atom stereocenters. The number of nitrogens with zero attached hydrogens (tertiary/aromatic N) is 3. The van der Waals surface area contributed by atoms with E-state index in [9.17, 15) is 0 Å². The molecule has 6 heteroatoms. The van der Waals surface area contributed by atoms with Crippen molar-refractivity contribution in [2.75, 3.05) is 26.2 Å². The van der Waals surface area contributed by atoms with Crippen LogP contribution in [-0.4, -0.2) is 41.3 Å². The van der Waals surface area contributed by atoms with Crippen LogP contribution in [0.15, 0.2) is 33.2 Å². The third-order valence-electron chi connectivity index (χ3n) is 4.40. The fraction of sp³-hybridized carbons (Fsp3) is 0.467. The van der Waals surface area contributed by atoms with E-state index >= 15 is 0 Å². The number of hydrogen-bond acceptors (Lipinski definition) is 5. The average Bonchev–Trinajstić information content (AvgIpc) is 3.15. The van der Waals surface area contributed by atoms with E-state index in [4.69, 9.17) is 4.42 Å². The molecule has 1 aromatic carbocycles. The molecule has 2 aromatic rings. The molecule has 3 heterocycles. The van der Waals surface area contributed by atoms with E-state index in [1.165, 1.54) is 0 Å². The van der Waals surface area contributed by atoms with Crippen LogP contribution in [0.3, 0.4) is 0 Å². The van der Waals surface area contributed by atoms with Gasteiger partial charge in [0.1, 0.15) is 0 Å². The Morgan fingerprint density at radius 2 is 1.95 bits per heavy atom. The van der Waals surface area contributed by atoms with E-state index in [0.717, 1.165) is 54.6 Å². The van der Waals surface area contributed by atoms with Crippen molar-refractivity contribution in [3.8, 4) is 11.5 Å². The van der Waals surface area contributed by atoms with Gasteiger partial charge in [-0.1, -0.05) is 12.1 Å². The Balaban J connectivity index is 1.47. The highest BCUT2D eigenvalue weighted by atomic mass is 79.9. The molecule has 2 unspecified atom stereocenters. The minimum atomic E-state index is 0.582. The number of rotatable bonds is 3. The lowest BCUT2D eigenvalue weighted by Crippen LogP contribution is -2.25. The maximum Gasteiger partial charge on any atom is 0.248 e.